The van der Waals surface area contributed by atoms with Gasteiger partial charge in [-0.2, -0.15) is 10.5 Å². The summed E-state index contributed by atoms with van der Waals surface area (Å²) in [4.78, 5) is 0. The molecule has 0 saturated carbocycles. The number of nitrogens with zero attached hydrogens (tertiary/aromatic N) is 2. The zero-order chi connectivity index (χ0) is 25.9. The van der Waals surface area contributed by atoms with Crippen LogP contribution in [0.25, 0.3) is 0 Å². The Morgan fingerprint density at radius 3 is 1.54 bits per heavy atom. The summed E-state index contributed by atoms with van der Waals surface area (Å²) >= 11 is 5.41. The maximum absolute atomic E-state index is 8.72. The summed E-state index contributed by atoms with van der Waals surface area (Å²) in [6, 6.07) is 4.00. The number of methoxy groups -OCH3 is 1. The highest BCUT2D eigenvalue weighted by Crippen LogP contribution is 2.50. The van der Waals surface area contributed by atoms with E-state index in [0.717, 1.165) is 12.8 Å². The Labute approximate surface area is 220 Å². The van der Waals surface area contributed by atoms with Gasteiger partial charge in [0.2, 0.25) is 0 Å². The van der Waals surface area contributed by atoms with Crippen molar-refractivity contribution >= 4 is 18.5 Å². The number of rotatable bonds is 27. The number of ether oxygens (including phenoxy) is 2. The van der Waals surface area contributed by atoms with Crippen LogP contribution in [0.2, 0.25) is 0 Å². The summed E-state index contributed by atoms with van der Waals surface area (Å²) in [5, 5.41) is 17.4. The third kappa shape index (κ3) is 23.6. The van der Waals surface area contributed by atoms with Crippen LogP contribution in [0.4, 0.5) is 0 Å². The molecule has 1 atom stereocenters. The molecule has 0 bridgehead atoms. The predicted octanol–water partition coefficient (Wildman–Crippen LogP) is 7.60. The van der Waals surface area contributed by atoms with Gasteiger partial charge < -0.3 is 23.0 Å². The lowest BCUT2D eigenvalue weighted by Gasteiger charge is -2.24. The van der Waals surface area contributed by atoms with Crippen molar-refractivity contribution in [2.24, 2.45) is 0 Å². The molecule has 204 valence electrons. The van der Waals surface area contributed by atoms with Gasteiger partial charge in [-0.25, -0.2) is 0 Å². The van der Waals surface area contributed by atoms with Crippen LogP contribution in [0.1, 0.15) is 110 Å². The van der Waals surface area contributed by atoms with Crippen LogP contribution in [0.3, 0.4) is 0 Å². The standard InChI is InChI=1S/C26H49N2O5PS/c1-3-4-5-6-7-8-9-10-11-12-13-14-15-16-21-30-26(24-29-2)25-33-34(35,31-22-17-19-27)32-23-18-20-28/h26H,3-18,21-25H2,1-2H3. The molecule has 0 saturated heterocycles. The lowest BCUT2D eigenvalue weighted by atomic mass is 10.0. The van der Waals surface area contributed by atoms with Crippen LogP contribution < -0.4 is 0 Å². The second-order valence-corrected chi connectivity index (χ2v) is 11.8. The minimum absolute atomic E-state index is 0.134. The Balaban J connectivity index is 3.92. The quantitative estimate of drug-likeness (QED) is 0.0788. The molecular weight excluding hydrogens is 483 g/mol. The molecule has 1 unspecified atom stereocenters. The molecule has 0 aromatic carbocycles. The van der Waals surface area contributed by atoms with Gasteiger partial charge in [0.1, 0.15) is 6.10 Å². The van der Waals surface area contributed by atoms with Crippen LogP contribution in [-0.4, -0.2) is 46.2 Å². The van der Waals surface area contributed by atoms with Crippen molar-refractivity contribution in [3.8, 4) is 12.1 Å². The largest absolute Gasteiger partial charge is 0.382 e. The molecule has 9 heteroatoms. The molecule has 0 fully saturated rings. The third-order valence-electron chi connectivity index (χ3n) is 5.55. The molecule has 0 aliphatic rings. The van der Waals surface area contributed by atoms with Gasteiger partial charge in [-0.1, -0.05) is 90.4 Å². The molecule has 0 spiro atoms. The van der Waals surface area contributed by atoms with Crippen LogP contribution in [0.5, 0.6) is 0 Å². The van der Waals surface area contributed by atoms with Gasteiger partial charge in [0.15, 0.2) is 0 Å². The first-order valence-electron chi connectivity index (χ1n) is 13.5. The molecule has 0 aliphatic heterocycles. The van der Waals surface area contributed by atoms with E-state index in [0.29, 0.717) is 13.2 Å². The number of hydrogen-bond donors (Lipinski definition) is 0. The van der Waals surface area contributed by atoms with E-state index in [4.69, 9.17) is 45.4 Å². The fourth-order valence-electron chi connectivity index (χ4n) is 3.57. The maximum atomic E-state index is 8.72. The van der Waals surface area contributed by atoms with Gasteiger partial charge in [0.05, 0.1) is 51.4 Å². The van der Waals surface area contributed by atoms with Crippen molar-refractivity contribution in [1.82, 2.24) is 0 Å². The molecule has 0 aromatic heterocycles. The van der Waals surface area contributed by atoms with Gasteiger partial charge >= 0.3 is 6.72 Å². The lowest BCUT2D eigenvalue weighted by Crippen LogP contribution is -2.25. The lowest BCUT2D eigenvalue weighted by molar-refractivity contribution is -0.0312. The molecule has 0 rings (SSSR count). The van der Waals surface area contributed by atoms with Crippen LogP contribution in [-0.2, 0) is 34.9 Å². The number of hydrogen-bond acceptors (Lipinski definition) is 8. The van der Waals surface area contributed by atoms with Gasteiger partial charge in [0.25, 0.3) is 0 Å². The monoisotopic (exact) mass is 532 g/mol. The molecule has 7 nitrogen and oxygen atoms in total. The average Bonchev–Trinajstić information content (AvgIpc) is 2.85. The normalized spacial score (nSPS) is 12.3. The van der Waals surface area contributed by atoms with E-state index in [1.165, 1.54) is 77.0 Å². The summed E-state index contributed by atoms with van der Waals surface area (Å²) in [5.41, 5.74) is 0. The van der Waals surface area contributed by atoms with Crippen molar-refractivity contribution in [3.63, 3.8) is 0 Å². The zero-order valence-corrected chi connectivity index (χ0v) is 23.9. The van der Waals surface area contributed by atoms with Gasteiger partial charge in [-0.05, 0) is 18.2 Å². The number of unbranched alkanes of at least 4 members (excludes halogenated alkanes) is 13. The Bertz CT molecular complexity index is 573. The fraction of sp³-hybridized carbons (Fsp3) is 0.923. The van der Waals surface area contributed by atoms with E-state index < -0.39 is 6.72 Å². The van der Waals surface area contributed by atoms with Gasteiger partial charge in [0, 0.05) is 13.7 Å². The van der Waals surface area contributed by atoms with E-state index in [-0.39, 0.29) is 38.8 Å². The summed E-state index contributed by atoms with van der Waals surface area (Å²) in [6.07, 6.45) is 18.6. The van der Waals surface area contributed by atoms with Crippen molar-refractivity contribution in [2.45, 2.75) is 116 Å². The van der Waals surface area contributed by atoms with Crippen LogP contribution >= 0.6 is 6.72 Å². The Hall–Kier alpha value is -0.570. The van der Waals surface area contributed by atoms with E-state index in [9.17, 15) is 0 Å². The molecular formula is C26H49N2O5PS. The minimum atomic E-state index is -3.04. The van der Waals surface area contributed by atoms with E-state index in [1.807, 2.05) is 12.1 Å². The van der Waals surface area contributed by atoms with E-state index >= 15 is 0 Å². The third-order valence-corrected chi connectivity index (χ3v) is 7.96. The molecule has 0 amide bonds. The smallest absolute Gasteiger partial charge is 0.327 e. The Morgan fingerprint density at radius 2 is 1.11 bits per heavy atom. The molecule has 0 aliphatic carbocycles. The maximum Gasteiger partial charge on any atom is 0.327 e. The van der Waals surface area contributed by atoms with Gasteiger partial charge in [-0.3, -0.25) is 0 Å². The predicted molar refractivity (Wildman–Crippen MR) is 145 cm³/mol. The fourth-order valence-corrected chi connectivity index (χ4v) is 5.40. The first kappa shape index (κ1) is 34.4. The highest BCUT2D eigenvalue weighted by Gasteiger charge is 2.23. The van der Waals surface area contributed by atoms with Gasteiger partial charge in [-0.15, -0.1) is 0 Å². The Kier molecular flexibility index (Phi) is 26.1. The summed E-state index contributed by atoms with van der Waals surface area (Å²) in [6.45, 7) is 0.705. The second-order valence-electron chi connectivity index (χ2n) is 8.77. The van der Waals surface area contributed by atoms with E-state index in [2.05, 4.69) is 6.92 Å². The molecule has 0 aromatic rings. The van der Waals surface area contributed by atoms with Crippen molar-refractivity contribution in [1.29, 1.82) is 10.5 Å². The molecule has 0 heterocycles. The highest BCUT2D eigenvalue weighted by atomic mass is 32.5. The first-order valence-corrected chi connectivity index (χ1v) is 16.1. The SMILES string of the molecule is CCCCCCCCCCCCCCCCOC(COC)COP(=S)(OCCC#N)OCCC#N. The minimum Gasteiger partial charge on any atom is -0.382 e. The van der Waals surface area contributed by atoms with Crippen molar-refractivity contribution in [3.05, 3.63) is 0 Å². The van der Waals surface area contributed by atoms with E-state index in [1.54, 1.807) is 7.11 Å². The first-order chi connectivity index (χ1) is 17.1. The topological polar surface area (TPSA) is 93.7 Å². The highest BCUT2D eigenvalue weighted by molar-refractivity contribution is 8.07. The van der Waals surface area contributed by atoms with Crippen LogP contribution in [0.15, 0.2) is 0 Å². The van der Waals surface area contributed by atoms with Crippen molar-refractivity contribution in [2.75, 3.05) is 40.1 Å². The van der Waals surface area contributed by atoms with Crippen LogP contribution in [0, 0.1) is 22.7 Å². The van der Waals surface area contributed by atoms with Crippen molar-refractivity contribution < 1.29 is 23.0 Å². The molecule has 0 radical (unpaired) electrons. The molecule has 35 heavy (non-hydrogen) atoms. The average molecular weight is 533 g/mol. The summed E-state index contributed by atoms with van der Waals surface area (Å²) in [5.74, 6) is 0. The molecule has 0 N–H and O–H groups in total. The second kappa shape index (κ2) is 26.5. The number of nitriles is 2. The zero-order valence-electron chi connectivity index (χ0n) is 22.2. The summed E-state index contributed by atoms with van der Waals surface area (Å²) < 4.78 is 28.0. The Morgan fingerprint density at radius 1 is 0.657 bits per heavy atom. The summed E-state index contributed by atoms with van der Waals surface area (Å²) in [7, 11) is 1.62.